The minimum absolute atomic E-state index is 0.0864. The molecule has 0 saturated heterocycles. The number of hydrogen-bond donors (Lipinski definition) is 1. The van der Waals surface area contributed by atoms with Crippen LogP contribution in [0, 0.1) is 29.1 Å². The Hall–Kier alpha value is -0.890. The lowest BCUT2D eigenvalue weighted by Gasteiger charge is -2.18. The summed E-state index contributed by atoms with van der Waals surface area (Å²) in [5.74, 6) is -10.1. The van der Waals surface area contributed by atoms with Gasteiger partial charge < -0.3 is 5.32 Å². The van der Waals surface area contributed by atoms with Crippen LogP contribution in [0.1, 0.15) is 17.2 Å². The Bertz CT molecular complexity index is 674. The zero-order valence-corrected chi connectivity index (χ0v) is 12.5. The first-order chi connectivity index (χ1) is 9.79. The molecule has 9 heteroatoms. The summed E-state index contributed by atoms with van der Waals surface area (Å²) in [6.45, 7) is 0. The van der Waals surface area contributed by atoms with E-state index in [-0.39, 0.29) is 14.2 Å². The van der Waals surface area contributed by atoms with Crippen molar-refractivity contribution in [2.24, 2.45) is 0 Å². The Morgan fingerprint density at radius 1 is 0.952 bits per heavy atom. The maximum atomic E-state index is 13.8. The van der Waals surface area contributed by atoms with Gasteiger partial charge >= 0.3 is 0 Å². The zero-order valence-electron chi connectivity index (χ0n) is 10.2. The first-order valence-corrected chi connectivity index (χ1v) is 7.00. The summed E-state index contributed by atoms with van der Waals surface area (Å²) in [7, 11) is 1.30. The molecule has 1 N–H and O–H groups in total. The number of halogens is 7. The van der Waals surface area contributed by atoms with Crippen molar-refractivity contribution in [1.82, 2.24) is 5.32 Å². The van der Waals surface area contributed by atoms with E-state index in [2.05, 4.69) is 5.32 Å². The lowest BCUT2D eigenvalue weighted by atomic mass is 9.99. The van der Waals surface area contributed by atoms with Crippen molar-refractivity contribution in [1.29, 1.82) is 0 Å². The van der Waals surface area contributed by atoms with Gasteiger partial charge in [0.2, 0.25) is 5.82 Å². The highest BCUT2D eigenvalue weighted by atomic mass is 35.5. The smallest absolute Gasteiger partial charge is 0.200 e. The first-order valence-electron chi connectivity index (χ1n) is 5.42. The molecule has 1 unspecified atom stereocenters. The summed E-state index contributed by atoms with van der Waals surface area (Å²) in [6.07, 6.45) is 0. The molecule has 1 aromatic heterocycles. The zero-order chi connectivity index (χ0) is 15.9. The molecule has 0 amide bonds. The fourth-order valence-corrected chi connectivity index (χ4v) is 3.41. The molecule has 0 aliphatic carbocycles. The van der Waals surface area contributed by atoms with Crippen LogP contribution in [0.2, 0.25) is 8.67 Å². The van der Waals surface area contributed by atoms with Crippen LogP contribution in [-0.4, -0.2) is 7.05 Å². The van der Waals surface area contributed by atoms with E-state index in [0.29, 0.717) is 0 Å². The van der Waals surface area contributed by atoms with E-state index in [1.165, 1.54) is 13.1 Å². The van der Waals surface area contributed by atoms with Gasteiger partial charge in [-0.2, -0.15) is 0 Å². The number of rotatable bonds is 3. The molecule has 1 heterocycles. The molecular weight excluding hydrogens is 356 g/mol. The van der Waals surface area contributed by atoms with Gasteiger partial charge in [-0.05, 0) is 13.1 Å². The van der Waals surface area contributed by atoms with Crippen molar-refractivity contribution in [3.63, 3.8) is 0 Å². The molecule has 21 heavy (non-hydrogen) atoms. The second-order valence-electron chi connectivity index (χ2n) is 3.98. The van der Waals surface area contributed by atoms with Crippen LogP contribution in [0.3, 0.4) is 0 Å². The Morgan fingerprint density at radius 2 is 1.43 bits per heavy atom. The molecule has 0 bridgehead atoms. The summed E-state index contributed by atoms with van der Waals surface area (Å²) in [6, 6.07) is -0.0285. The number of benzene rings is 1. The van der Waals surface area contributed by atoms with Gasteiger partial charge in [0.05, 0.1) is 20.3 Å². The quantitative estimate of drug-likeness (QED) is 0.457. The highest BCUT2D eigenvalue weighted by Gasteiger charge is 2.32. The maximum absolute atomic E-state index is 13.8. The Morgan fingerprint density at radius 3 is 1.81 bits per heavy atom. The SMILES string of the molecule is CNC(c1cc(Cl)sc1Cl)c1c(F)c(F)c(F)c(F)c1F. The van der Waals surface area contributed by atoms with Gasteiger partial charge in [-0.15, -0.1) is 11.3 Å². The number of nitrogens with one attached hydrogen (secondary N) is 1. The standard InChI is InChI=1S/C12H6Cl2F5NS/c1-20-11(3-2-4(13)21-12(3)14)5-6(15)8(17)10(19)9(18)7(5)16/h2,11,20H,1H3. The first kappa shape index (κ1) is 16.5. The third kappa shape index (κ3) is 2.75. The predicted octanol–water partition coefficient (Wildman–Crippen LogP) is 5.06. The van der Waals surface area contributed by atoms with Gasteiger partial charge in [-0.1, -0.05) is 23.2 Å². The van der Waals surface area contributed by atoms with Crippen molar-refractivity contribution in [2.45, 2.75) is 6.04 Å². The lowest BCUT2D eigenvalue weighted by Crippen LogP contribution is -2.22. The van der Waals surface area contributed by atoms with Crippen LogP contribution in [0.15, 0.2) is 6.07 Å². The molecule has 1 atom stereocenters. The summed E-state index contributed by atoms with van der Waals surface area (Å²) >= 11 is 12.5. The molecule has 0 fully saturated rings. The summed E-state index contributed by atoms with van der Waals surface area (Å²) in [5.41, 5.74) is -0.886. The van der Waals surface area contributed by atoms with Gasteiger partial charge in [-0.25, -0.2) is 22.0 Å². The fourth-order valence-electron chi connectivity index (χ4n) is 1.88. The van der Waals surface area contributed by atoms with Crippen molar-refractivity contribution in [3.05, 3.63) is 55.0 Å². The molecule has 2 rings (SSSR count). The molecule has 1 nitrogen and oxygen atoms in total. The number of thiophene rings is 1. The molecule has 0 spiro atoms. The molecule has 0 aliphatic heterocycles. The molecule has 114 valence electrons. The predicted molar refractivity (Wildman–Crippen MR) is 71.5 cm³/mol. The minimum atomic E-state index is -2.21. The second-order valence-corrected chi connectivity index (χ2v) is 6.27. The van der Waals surface area contributed by atoms with Gasteiger partial charge in [0.25, 0.3) is 0 Å². The van der Waals surface area contributed by atoms with E-state index >= 15 is 0 Å². The van der Waals surface area contributed by atoms with Crippen LogP contribution in [0.4, 0.5) is 22.0 Å². The third-order valence-electron chi connectivity index (χ3n) is 2.82. The topological polar surface area (TPSA) is 12.0 Å². The third-order valence-corrected chi connectivity index (χ3v) is 4.33. The van der Waals surface area contributed by atoms with Crippen LogP contribution >= 0.6 is 34.5 Å². The Kier molecular flexibility index (Phi) is 4.77. The monoisotopic (exact) mass is 361 g/mol. The van der Waals surface area contributed by atoms with Gasteiger partial charge in [0.15, 0.2) is 23.3 Å². The van der Waals surface area contributed by atoms with Crippen molar-refractivity contribution in [2.75, 3.05) is 7.05 Å². The fraction of sp³-hybridized carbons (Fsp3) is 0.167. The van der Waals surface area contributed by atoms with Gasteiger partial charge in [0, 0.05) is 5.56 Å². The second kappa shape index (κ2) is 6.08. The summed E-state index contributed by atoms with van der Waals surface area (Å²) < 4.78 is 67.6. The Balaban J connectivity index is 2.72. The highest BCUT2D eigenvalue weighted by molar-refractivity contribution is 7.20. The van der Waals surface area contributed by atoms with Crippen molar-refractivity contribution < 1.29 is 22.0 Å². The number of hydrogen-bond acceptors (Lipinski definition) is 2. The van der Waals surface area contributed by atoms with E-state index in [9.17, 15) is 22.0 Å². The molecule has 1 aromatic carbocycles. The Labute approximate surface area is 130 Å². The largest absolute Gasteiger partial charge is 0.309 e. The van der Waals surface area contributed by atoms with Crippen LogP contribution in [-0.2, 0) is 0 Å². The normalized spacial score (nSPS) is 12.8. The van der Waals surface area contributed by atoms with Crippen LogP contribution in [0.5, 0.6) is 0 Å². The van der Waals surface area contributed by atoms with Crippen LogP contribution < -0.4 is 5.32 Å². The molecule has 2 aromatic rings. The van der Waals surface area contributed by atoms with E-state index in [0.717, 1.165) is 11.3 Å². The van der Waals surface area contributed by atoms with Gasteiger partial charge in [0.1, 0.15) is 0 Å². The molecule has 0 saturated carbocycles. The highest BCUT2D eigenvalue weighted by Crippen LogP contribution is 2.39. The maximum Gasteiger partial charge on any atom is 0.200 e. The minimum Gasteiger partial charge on any atom is -0.309 e. The van der Waals surface area contributed by atoms with Crippen molar-refractivity contribution in [3.8, 4) is 0 Å². The average Bonchev–Trinajstić information content (AvgIpc) is 2.78. The van der Waals surface area contributed by atoms with E-state index < -0.39 is 40.7 Å². The van der Waals surface area contributed by atoms with E-state index in [1.807, 2.05) is 0 Å². The van der Waals surface area contributed by atoms with Gasteiger partial charge in [-0.3, -0.25) is 0 Å². The molecule has 0 radical (unpaired) electrons. The van der Waals surface area contributed by atoms with E-state index in [1.54, 1.807) is 0 Å². The lowest BCUT2D eigenvalue weighted by molar-refractivity contribution is 0.364. The molecule has 0 aliphatic rings. The van der Waals surface area contributed by atoms with E-state index in [4.69, 9.17) is 23.2 Å². The molecular formula is C12H6Cl2F5NS. The summed E-state index contributed by atoms with van der Waals surface area (Å²) in [4.78, 5) is 0. The summed E-state index contributed by atoms with van der Waals surface area (Å²) in [5, 5.41) is 2.47. The van der Waals surface area contributed by atoms with Crippen LogP contribution in [0.25, 0.3) is 0 Å². The average molecular weight is 362 g/mol. The van der Waals surface area contributed by atoms with Crippen molar-refractivity contribution >= 4 is 34.5 Å².